The molecule has 5 nitrogen and oxygen atoms in total. The normalized spacial score (nSPS) is 17.5. The van der Waals surface area contributed by atoms with Crippen LogP contribution in [0.15, 0.2) is 36.5 Å². The Balaban J connectivity index is 1.89. The van der Waals surface area contributed by atoms with Gasteiger partial charge in [-0.25, -0.2) is 0 Å². The highest BCUT2D eigenvalue weighted by Gasteiger charge is 2.30. The molecule has 1 unspecified atom stereocenters. The third-order valence-electron chi connectivity index (χ3n) is 4.49. The monoisotopic (exact) mass is 360 g/mol. The predicted molar refractivity (Wildman–Crippen MR) is 95.9 cm³/mol. The first kappa shape index (κ1) is 17.5. The first-order valence-corrected chi connectivity index (χ1v) is 8.62. The molecule has 6 heteroatoms. The van der Waals surface area contributed by atoms with E-state index in [1.165, 1.54) is 0 Å². The maximum atomic E-state index is 12.6. The zero-order chi connectivity index (χ0) is 17.8. The van der Waals surface area contributed by atoms with Crippen molar-refractivity contribution in [1.82, 2.24) is 9.88 Å². The summed E-state index contributed by atoms with van der Waals surface area (Å²) in [6.45, 7) is 0.473. The number of benzene rings is 1. The molecule has 0 aliphatic carbocycles. The van der Waals surface area contributed by atoms with Crippen molar-refractivity contribution in [2.75, 3.05) is 14.2 Å². The maximum absolute atomic E-state index is 12.6. The van der Waals surface area contributed by atoms with Gasteiger partial charge in [-0.2, -0.15) is 0 Å². The number of methoxy groups -OCH3 is 2. The minimum Gasteiger partial charge on any atom is -0.497 e. The van der Waals surface area contributed by atoms with E-state index >= 15 is 0 Å². The molecule has 1 atom stereocenters. The highest BCUT2D eigenvalue weighted by molar-refractivity contribution is 6.30. The fraction of sp³-hybridized carbons (Fsp3) is 0.368. The SMILES string of the molecule is COc1ccc(CN2C(=O)CCCC2c2ccc(Cl)cn2)c(OC)c1. The molecule has 2 heterocycles. The molecule has 1 saturated heterocycles. The lowest BCUT2D eigenvalue weighted by atomic mass is 9.97. The number of hydrogen-bond donors (Lipinski definition) is 0. The van der Waals surface area contributed by atoms with E-state index in [1.807, 2.05) is 35.2 Å². The number of piperidine rings is 1. The van der Waals surface area contributed by atoms with Crippen LogP contribution in [-0.4, -0.2) is 30.0 Å². The molecule has 1 aliphatic heterocycles. The molecule has 1 aromatic carbocycles. The lowest BCUT2D eigenvalue weighted by molar-refractivity contribution is -0.137. The molecule has 0 saturated carbocycles. The Bertz CT molecular complexity index is 749. The number of nitrogens with zero attached hydrogens (tertiary/aromatic N) is 2. The van der Waals surface area contributed by atoms with E-state index in [2.05, 4.69) is 4.98 Å². The van der Waals surface area contributed by atoms with E-state index in [4.69, 9.17) is 21.1 Å². The number of carbonyl (C=O) groups excluding carboxylic acids is 1. The Hall–Kier alpha value is -2.27. The Labute approximate surface area is 152 Å². The van der Waals surface area contributed by atoms with Crippen LogP contribution >= 0.6 is 11.6 Å². The summed E-state index contributed by atoms with van der Waals surface area (Å²) in [6, 6.07) is 9.30. The number of carbonyl (C=O) groups is 1. The van der Waals surface area contributed by atoms with Crippen molar-refractivity contribution in [3.05, 3.63) is 52.8 Å². The van der Waals surface area contributed by atoms with Crippen LogP contribution < -0.4 is 9.47 Å². The number of pyridine rings is 1. The second-order valence-electron chi connectivity index (χ2n) is 6.01. The number of ether oxygens (including phenoxy) is 2. The van der Waals surface area contributed by atoms with Crippen LogP contribution in [0.5, 0.6) is 11.5 Å². The summed E-state index contributed by atoms with van der Waals surface area (Å²) in [4.78, 5) is 18.9. The molecule has 3 rings (SSSR count). The van der Waals surface area contributed by atoms with Crippen LogP contribution in [-0.2, 0) is 11.3 Å². The van der Waals surface area contributed by atoms with Crippen LogP contribution in [0.25, 0.3) is 0 Å². The average Bonchev–Trinajstić information content (AvgIpc) is 2.64. The van der Waals surface area contributed by atoms with Crippen LogP contribution in [0.4, 0.5) is 0 Å². The van der Waals surface area contributed by atoms with Crippen molar-refractivity contribution in [3.63, 3.8) is 0 Å². The number of halogens is 1. The Morgan fingerprint density at radius 3 is 2.76 bits per heavy atom. The van der Waals surface area contributed by atoms with Crippen molar-refractivity contribution >= 4 is 17.5 Å². The van der Waals surface area contributed by atoms with Crippen molar-refractivity contribution in [1.29, 1.82) is 0 Å². The van der Waals surface area contributed by atoms with Crippen molar-refractivity contribution in [2.24, 2.45) is 0 Å². The van der Waals surface area contributed by atoms with Gasteiger partial charge in [0.2, 0.25) is 5.91 Å². The van der Waals surface area contributed by atoms with E-state index < -0.39 is 0 Å². The number of amides is 1. The molecule has 0 N–H and O–H groups in total. The Morgan fingerprint density at radius 2 is 2.08 bits per heavy atom. The largest absolute Gasteiger partial charge is 0.497 e. The fourth-order valence-corrected chi connectivity index (χ4v) is 3.29. The Kier molecular flexibility index (Phi) is 5.43. The topological polar surface area (TPSA) is 51.7 Å². The summed E-state index contributed by atoms with van der Waals surface area (Å²) in [5.41, 5.74) is 1.81. The van der Waals surface area contributed by atoms with Crippen LogP contribution in [0, 0.1) is 0 Å². The van der Waals surface area contributed by atoms with Gasteiger partial charge in [0.15, 0.2) is 0 Å². The predicted octanol–water partition coefficient (Wildman–Crippen LogP) is 4.01. The van der Waals surface area contributed by atoms with Gasteiger partial charge in [-0.1, -0.05) is 11.6 Å². The summed E-state index contributed by atoms with van der Waals surface area (Å²) in [5, 5.41) is 0.592. The highest BCUT2D eigenvalue weighted by Crippen LogP contribution is 2.34. The molecule has 1 aliphatic rings. The van der Waals surface area contributed by atoms with Crippen molar-refractivity contribution < 1.29 is 14.3 Å². The van der Waals surface area contributed by atoms with Gasteiger partial charge in [-0.3, -0.25) is 9.78 Å². The molecular weight excluding hydrogens is 340 g/mol. The summed E-state index contributed by atoms with van der Waals surface area (Å²) >= 11 is 5.94. The van der Waals surface area contributed by atoms with Crippen LogP contribution in [0.1, 0.15) is 36.6 Å². The van der Waals surface area contributed by atoms with Gasteiger partial charge >= 0.3 is 0 Å². The minimum atomic E-state index is -0.0506. The van der Waals surface area contributed by atoms with Crippen molar-refractivity contribution in [2.45, 2.75) is 31.8 Å². The smallest absolute Gasteiger partial charge is 0.223 e. The van der Waals surface area contributed by atoms with Gasteiger partial charge in [0.1, 0.15) is 11.5 Å². The van der Waals surface area contributed by atoms with Gasteiger partial charge in [-0.15, -0.1) is 0 Å². The zero-order valence-corrected chi connectivity index (χ0v) is 15.1. The van der Waals surface area contributed by atoms with E-state index in [9.17, 15) is 4.79 Å². The summed E-state index contributed by atoms with van der Waals surface area (Å²) in [6.07, 6.45) is 3.94. The molecule has 0 radical (unpaired) electrons. The third-order valence-corrected chi connectivity index (χ3v) is 4.71. The third kappa shape index (κ3) is 3.87. The molecule has 1 aromatic heterocycles. The van der Waals surface area contributed by atoms with Gasteiger partial charge in [0, 0.05) is 30.8 Å². The molecule has 132 valence electrons. The fourth-order valence-electron chi connectivity index (χ4n) is 3.18. The standard InChI is InChI=1S/C19H21ClN2O3/c1-24-15-8-6-13(18(10-15)25-2)12-22-17(4-3-5-19(22)23)16-9-7-14(20)11-21-16/h6-11,17H,3-5,12H2,1-2H3. The molecule has 25 heavy (non-hydrogen) atoms. The quantitative estimate of drug-likeness (QED) is 0.808. The van der Waals surface area contributed by atoms with Gasteiger partial charge in [0.05, 0.1) is 31.0 Å². The maximum Gasteiger partial charge on any atom is 0.223 e. The Morgan fingerprint density at radius 1 is 1.24 bits per heavy atom. The van der Waals surface area contributed by atoms with Crippen LogP contribution in [0.3, 0.4) is 0 Å². The number of likely N-dealkylation sites (tertiary alicyclic amines) is 1. The number of hydrogen-bond acceptors (Lipinski definition) is 4. The van der Waals surface area contributed by atoms with Crippen molar-refractivity contribution in [3.8, 4) is 11.5 Å². The number of aromatic nitrogens is 1. The average molecular weight is 361 g/mol. The van der Waals surface area contributed by atoms with Crippen LogP contribution in [0.2, 0.25) is 5.02 Å². The molecular formula is C19H21ClN2O3. The molecule has 2 aromatic rings. The van der Waals surface area contributed by atoms with Gasteiger partial charge in [0.25, 0.3) is 0 Å². The molecule has 1 fully saturated rings. The van der Waals surface area contributed by atoms with E-state index in [0.29, 0.717) is 23.7 Å². The summed E-state index contributed by atoms with van der Waals surface area (Å²) in [5.74, 6) is 1.56. The first-order chi connectivity index (χ1) is 12.1. The molecule has 1 amide bonds. The lowest BCUT2D eigenvalue weighted by Gasteiger charge is -2.35. The summed E-state index contributed by atoms with van der Waals surface area (Å²) < 4.78 is 10.7. The second kappa shape index (κ2) is 7.74. The lowest BCUT2D eigenvalue weighted by Crippen LogP contribution is -2.38. The van der Waals surface area contributed by atoms with E-state index in [-0.39, 0.29) is 11.9 Å². The molecule has 0 spiro atoms. The number of rotatable bonds is 5. The van der Waals surface area contributed by atoms with Gasteiger partial charge in [-0.05, 0) is 37.1 Å². The minimum absolute atomic E-state index is 0.0506. The van der Waals surface area contributed by atoms with Gasteiger partial charge < -0.3 is 14.4 Å². The second-order valence-corrected chi connectivity index (χ2v) is 6.45. The van der Waals surface area contributed by atoms with E-state index in [0.717, 1.165) is 29.8 Å². The zero-order valence-electron chi connectivity index (χ0n) is 14.4. The summed E-state index contributed by atoms with van der Waals surface area (Å²) in [7, 11) is 3.24. The molecule has 0 bridgehead atoms. The first-order valence-electron chi connectivity index (χ1n) is 8.24. The van der Waals surface area contributed by atoms with E-state index in [1.54, 1.807) is 20.4 Å². The highest BCUT2D eigenvalue weighted by atomic mass is 35.5.